The summed E-state index contributed by atoms with van der Waals surface area (Å²) in [4.78, 5) is 37.4. The highest BCUT2D eigenvalue weighted by molar-refractivity contribution is 5.84. The number of nitrogens with zero attached hydrogens (tertiary/aromatic N) is 2. The van der Waals surface area contributed by atoms with E-state index in [0.717, 1.165) is 10.1 Å². The van der Waals surface area contributed by atoms with Crippen molar-refractivity contribution in [2.24, 2.45) is 0 Å². The van der Waals surface area contributed by atoms with E-state index in [1.165, 1.54) is 4.57 Å². The minimum atomic E-state index is -0.442. The first-order valence-electron chi connectivity index (χ1n) is 7.90. The fraction of sp³-hybridized carbons (Fsp3) is 0.211. The molecular weight excluding hydrogens is 304 g/mol. The number of fused-ring (bicyclic) bond motifs is 1. The minimum absolute atomic E-state index is 0.0471. The molecule has 3 aromatic rings. The molecule has 0 aliphatic heterocycles. The third kappa shape index (κ3) is 2.93. The summed E-state index contributed by atoms with van der Waals surface area (Å²) in [6.45, 7) is 1.97. The Labute approximate surface area is 138 Å². The Bertz CT molecular complexity index is 1000. The average molecular weight is 322 g/mol. The summed E-state index contributed by atoms with van der Waals surface area (Å²) in [7, 11) is 0. The van der Waals surface area contributed by atoms with Crippen molar-refractivity contribution < 1.29 is 4.79 Å². The van der Waals surface area contributed by atoms with Gasteiger partial charge in [-0.3, -0.25) is 18.7 Å². The number of Topliss-reactive ketones (excluding diaryl/α,β-unsaturated/α-hetero) is 1. The lowest BCUT2D eigenvalue weighted by atomic mass is 10.1. The van der Waals surface area contributed by atoms with Crippen LogP contribution in [0.4, 0.5) is 0 Å². The average Bonchev–Trinajstić information content (AvgIpc) is 2.60. The Kier molecular flexibility index (Phi) is 4.42. The van der Waals surface area contributed by atoms with Gasteiger partial charge in [-0.2, -0.15) is 0 Å². The number of ketones is 1. The van der Waals surface area contributed by atoms with Crippen molar-refractivity contribution in [1.82, 2.24) is 9.13 Å². The second-order valence-electron chi connectivity index (χ2n) is 5.64. The fourth-order valence-corrected chi connectivity index (χ4v) is 2.86. The lowest BCUT2D eigenvalue weighted by Crippen LogP contribution is -2.40. The van der Waals surface area contributed by atoms with Gasteiger partial charge in [-0.05, 0) is 24.6 Å². The molecule has 0 spiro atoms. The molecule has 0 aliphatic rings. The van der Waals surface area contributed by atoms with E-state index >= 15 is 0 Å². The van der Waals surface area contributed by atoms with E-state index in [4.69, 9.17) is 0 Å². The number of hydrogen-bond acceptors (Lipinski definition) is 3. The zero-order chi connectivity index (χ0) is 17.1. The predicted molar refractivity (Wildman–Crippen MR) is 93.3 cm³/mol. The Hall–Kier alpha value is -2.95. The van der Waals surface area contributed by atoms with Crippen LogP contribution in [0, 0.1) is 0 Å². The van der Waals surface area contributed by atoms with Crippen LogP contribution in [0.2, 0.25) is 0 Å². The standard InChI is InChI=1S/C19H18N2O3/c1-2-20-18(23)16-10-6-7-11-17(16)21(19(20)24)13-15(22)12-14-8-4-3-5-9-14/h3-11H,2,12-13H2,1H3. The van der Waals surface area contributed by atoms with Crippen LogP contribution < -0.4 is 11.2 Å². The van der Waals surface area contributed by atoms with E-state index < -0.39 is 5.69 Å². The van der Waals surface area contributed by atoms with Gasteiger partial charge in [0.25, 0.3) is 5.56 Å². The molecule has 0 fully saturated rings. The highest BCUT2D eigenvalue weighted by Crippen LogP contribution is 2.08. The van der Waals surface area contributed by atoms with E-state index in [2.05, 4.69) is 0 Å². The van der Waals surface area contributed by atoms with Gasteiger partial charge in [-0.1, -0.05) is 42.5 Å². The Morgan fingerprint density at radius 1 is 0.917 bits per heavy atom. The smallest absolute Gasteiger partial charge is 0.297 e. The Morgan fingerprint density at radius 2 is 1.58 bits per heavy atom. The molecule has 3 rings (SSSR count). The molecular formula is C19H18N2O3. The fourth-order valence-electron chi connectivity index (χ4n) is 2.86. The lowest BCUT2D eigenvalue weighted by Gasteiger charge is -2.12. The van der Waals surface area contributed by atoms with Gasteiger partial charge in [-0.25, -0.2) is 4.79 Å². The van der Waals surface area contributed by atoms with E-state index in [1.54, 1.807) is 31.2 Å². The van der Waals surface area contributed by atoms with Gasteiger partial charge in [-0.15, -0.1) is 0 Å². The van der Waals surface area contributed by atoms with Crippen LogP contribution in [-0.2, 0) is 24.3 Å². The molecule has 122 valence electrons. The number of benzene rings is 2. The molecule has 2 aromatic carbocycles. The van der Waals surface area contributed by atoms with Gasteiger partial charge in [0.2, 0.25) is 0 Å². The van der Waals surface area contributed by atoms with Crippen molar-refractivity contribution >= 4 is 16.7 Å². The van der Waals surface area contributed by atoms with E-state index in [9.17, 15) is 14.4 Å². The van der Waals surface area contributed by atoms with E-state index in [1.807, 2.05) is 30.3 Å². The summed E-state index contributed by atoms with van der Waals surface area (Å²) in [6.07, 6.45) is 0.257. The summed E-state index contributed by atoms with van der Waals surface area (Å²) in [5.74, 6) is -0.0743. The first-order valence-corrected chi connectivity index (χ1v) is 7.90. The normalized spacial score (nSPS) is 10.9. The van der Waals surface area contributed by atoms with Crippen LogP contribution in [0.1, 0.15) is 12.5 Å². The minimum Gasteiger partial charge on any atom is -0.297 e. The van der Waals surface area contributed by atoms with Gasteiger partial charge in [0.1, 0.15) is 0 Å². The second kappa shape index (κ2) is 6.66. The van der Waals surface area contributed by atoms with E-state index in [0.29, 0.717) is 10.9 Å². The van der Waals surface area contributed by atoms with Crippen LogP contribution in [0.25, 0.3) is 10.9 Å². The third-order valence-corrected chi connectivity index (χ3v) is 4.03. The summed E-state index contributed by atoms with van der Waals surface area (Å²) in [6, 6.07) is 16.3. The van der Waals surface area contributed by atoms with Crippen molar-refractivity contribution in [2.45, 2.75) is 26.4 Å². The second-order valence-corrected chi connectivity index (χ2v) is 5.64. The van der Waals surface area contributed by atoms with Crippen LogP contribution in [0.5, 0.6) is 0 Å². The molecule has 5 heteroatoms. The van der Waals surface area contributed by atoms with Gasteiger partial charge < -0.3 is 0 Å². The Morgan fingerprint density at radius 3 is 2.29 bits per heavy atom. The molecule has 0 aliphatic carbocycles. The number of carbonyl (C=O) groups is 1. The molecule has 0 amide bonds. The van der Waals surface area contributed by atoms with Gasteiger partial charge in [0.05, 0.1) is 17.4 Å². The van der Waals surface area contributed by atoms with Gasteiger partial charge in [0, 0.05) is 13.0 Å². The number of rotatable bonds is 5. The maximum Gasteiger partial charge on any atom is 0.331 e. The molecule has 0 bridgehead atoms. The zero-order valence-corrected chi connectivity index (χ0v) is 13.4. The molecule has 0 radical (unpaired) electrons. The summed E-state index contributed by atoms with van der Waals surface area (Å²) >= 11 is 0. The molecule has 0 atom stereocenters. The van der Waals surface area contributed by atoms with Crippen molar-refractivity contribution in [3.8, 4) is 0 Å². The summed E-state index contributed by atoms with van der Waals surface area (Å²) in [5.41, 5.74) is 0.648. The monoisotopic (exact) mass is 322 g/mol. The molecule has 1 heterocycles. The van der Waals surface area contributed by atoms with Crippen molar-refractivity contribution in [3.63, 3.8) is 0 Å². The van der Waals surface area contributed by atoms with Crippen LogP contribution in [0.3, 0.4) is 0 Å². The van der Waals surface area contributed by atoms with Crippen molar-refractivity contribution in [1.29, 1.82) is 0 Å². The largest absolute Gasteiger partial charge is 0.331 e. The summed E-state index contributed by atoms with van der Waals surface area (Å²) < 4.78 is 2.56. The molecule has 5 nitrogen and oxygen atoms in total. The van der Waals surface area contributed by atoms with E-state index in [-0.39, 0.29) is 30.9 Å². The third-order valence-electron chi connectivity index (χ3n) is 4.03. The Balaban J connectivity index is 2.04. The highest BCUT2D eigenvalue weighted by Gasteiger charge is 2.14. The van der Waals surface area contributed by atoms with Crippen LogP contribution in [-0.4, -0.2) is 14.9 Å². The molecule has 1 aromatic heterocycles. The number of hydrogen-bond donors (Lipinski definition) is 0. The summed E-state index contributed by atoms with van der Waals surface area (Å²) in [5, 5.41) is 0.450. The van der Waals surface area contributed by atoms with Crippen LogP contribution in [0.15, 0.2) is 64.2 Å². The van der Waals surface area contributed by atoms with Crippen molar-refractivity contribution in [3.05, 3.63) is 81.0 Å². The quantitative estimate of drug-likeness (QED) is 0.722. The van der Waals surface area contributed by atoms with Crippen LogP contribution >= 0.6 is 0 Å². The molecule has 0 N–H and O–H groups in total. The number of carbonyl (C=O) groups excluding carboxylic acids is 1. The molecule has 0 saturated heterocycles. The molecule has 0 unspecified atom stereocenters. The number of aromatic nitrogens is 2. The topological polar surface area (TPSA) is 61.1 Å². The maximum absolute atomic E-state index is 12.6. The molecule has 0 saturated carbocycles. The number of para-hydroxylation sites is 1. The van der Waals surface area contributed by atoms with Crippen molar-refractivity contribution in [2.75, 3.05) is 0 Å². The lowest BCUT2D eigenvalue weighted by molar-refractivity contribution is -0.119. The highest BCUT2D eigenvalue weighted by atomic mass is 16.2. The van der Waals surface area contributed by atoms with Gasteiger partial charge >= 0.3 is 5.69 Å². The SMILES string of the molecule is CCn1c(=O)c2ccccc2n(CC(=O)Cc2ccccc2)c1=O. The zero-order valence-electron chi connectivity index (χ0n) is 13.4. The first kappa shape index (κ1) is 15.9. The molecule has 24 heavy (non-hydrogen) atoms. The first-order chi connectivity index (χ1) is 11.6. The maximum atomic E-state index is 12.6. The van der Waals surface area contributed by atoms with Gasteiger partial charge in [0.15, 0.2) is 5.78 Å². The predicted octanol–water partition coefficient (Wildman–Crippen LogP) is 1.99.